The summed E-state index contributed by atoms with van der Waals surface area (Å²) in [4.78, 5) is 24.0. The topological polar surface area (TPSA) is 73.9 Å². The van der Waals surface area contributed by atoms with E-state index in [0.29, 0.717) is 30.2 Å². The van der Waals surface area contributed by atoms with Gasteiger partial charge in [0.25, 0.3) is 5.91 Å². The Balaban J connectivity index is 1.84. The van der Waals surface area contributed by atoms with Gasteiger partial charge in [0.2, 0.25) is 0 Å². The molecular formula is C19H21NO5. The molecule has 2 aromatic carbocycles. The Morgan fingerprint density at radius 3 is 2.64 bits per heavy atom. The van der Waals surface area contributed by atoms with Crippen molar-refractivity contribution < 1.29 is 23.8 Å². The number of carbonyl (C=O) groups excluding carboxylic acids is 2. The Morgan fingerprint density at radius 2 is 1.88 bits per heavy atom. The minimum Gasteiger partial charge on any atom is -0.497 e. The maximum absolute atomic E-state index is 12.1. The number of carbonyl (C=O) groups is 2. The molecule has 0 aromatic heterocycles. The van der Waals surface area contributed by atoms with Crippen LogP contribution in [0.2, 0.25) is 0 Å². The Morgan fingerprint density at radius 1 is 1.08 bits per heavy atom. The highest BCUT2D eigenvalue weighted by atomic mass is 16.5. The van der Waals surface area contributed by atoms with Crippen LogP contribution in [-0.2, 0) is 16.1 Å². The van der Waals surface area contributed by atoms with Crippen LogP contribution in [0.3, 0.4) is 0 Å². The summed E-state index contributed by atoms with van der Waals surface area (Å²) in [7, 11) is 1.58. The molecule has 0 radical (unpaired) electrons. The number of methoxy groups -OCH3 is 1. The van der Waals surface area contributed by atoms with Gasteiger partial charge in [0.05, 0.1) is 13.7 Å². The largest absolute Gasteiger partial charge is 0.497 e. The fourth-order valence-corrected chi connectivity index (χ4v) is 2.16. The predicted octanol–water partition coefficient (Wildman–Crippen LogP) is 2.57. The first-order valence-electron chi connectivity index (χ1n) is 7.92. The van der Waals surface area contributed by atoms with Gasteiger partial charge < -0.3 is 19.5 Å². The smallest absolute Gasteiger partial charge is 0.342 e. The molecule has 2 rings (SSSR count). The summed E-state index contributed by atoms with van der Waals surface area (Å²) >= 11 is 0. The van der Waals surface area contributed by atoms with Gasteiger partial charge in [-0.25, -0.2) is 4.79 Å². The highest BCUT2D eigenvalue weighted by Crippen LogP contribution is 2.18. The number of ether oxygens (including phenoxy) is 3. The van der Waals surface area contributed by atoms with Gasteiger partial charge in [0.15, 0.2) is 6.61 Å². The number of nitrogens with one attached hydrogen (secondary N) is 1. The van der Waals surface area contributed by atoms with Crippen LogP contribution in [0.1, 0.15) is 22.8 Å². The number of hydrogen-bond acceptors (Lipinski definition) is 5. The first-order valence-corrected chi connectivity index (χ1v) is 7.92. The first-order chi connectivity index (χ1) is 12.1. The second kappa shape index (κ2) is 9.32. The van der Waals surface area contributed by atoms with E-state index in [1.165, 1.54) is 0 Å². The first kappa shape index (κ1) is 18.3. The van der Waals surface area contributed by atoms with Crippen LogP contribution in [0.25, 0.3) is 0 Å². The van der Waals surface area contributed by atoms with Crippen LogP contribution in [-0.4, -0.2) is 32.2 Å². The van der Waals surface area contributed by atoms with Gasteiger partial charge in [-0.3, -0.25) is 4.79 Å². The van der Waals surface area contributed by atoms with Crippen molar-refractivity contribution in [1.82, 2.24) is 5.32 Å². The van der Waals surface area contributed by atoms with Crippen molar-refractivity contribution in [2.24, 2.45) is 0 Å². The van der Waals surface area contributed by atoms with Crippen LogP contribution in [0.5, 0.6) is 11.5 Å². The maximum atomic E-state index is 12.1. The molecule has 132 valence electrons. The van der Waals surface area contributed by atoms with Gasteiger partial charge in [-0.15, -0.1) is 0 Å². The highest BCUT2D eigenvalue weighted by Gasteiger charge is 2.15. The lowest BCUT2D eigenvalue weighted by Crippen LogP contribution is -2.28. The molecule has 1 amide bonds. The summed E-state index contributed by atoms with van der Waals surface area (Å²) in [6, 6.07) is 14.1. The highest BCUT2D eigenvalue weighted by molar-refractivity contribution is 5.93. The van der Waals surface area contributed by atoms with Gasteiger partial charge in [0, 0.05) is 6.54 Å². The summed E-state index contributed by atoms with van der Waals surface area (Å²) in [5.41, 5.74) is 1.19. The standard InChI is InChI=1S/C19H21NO5/c1-3-24-17-10-5-4-9-16(17)19(22)25-13-18(21)20-12-14-7-6-8-15(11-14)23-2/h4-11H,3,12-13H2,1-2H3,(H,20,21). The average molecular weight is 343 g/mol. The van der Waals surface area contributed by atoms with E-state index in [2.05, 4.69) is 5.32 Å². The zero-order valence-electron chi connectivity index (χ0n) is 14.3. The summed E-state index contributed by atoms with van der Waals surface area (Å²) < 4.78 is 15.6. The van der Waals surface area contributed by atoms with Gasteiger partial charge in [-0.1, -0.05) is 24.3 Å². The molecule has 0 aliphatic carbocycles. The Bertz CT molecular complexity index is 729. The van der Waals surface area contributed by atoms with E-state index < -0.39 is 5.97 Å². The Kier molecular flexibility index (Phi) is 6.83. The number of esters is 1. The van der Waals surface area contributed by atoms with Crippen molar-refractivity contribution in [2.45, 2.75) is 13.5 Å². The van der Waals surface area contributed by atoms with E-state index in [4.69, 9.17) is 14.2 Å². The Labute approximate surface area is 146 Å². The molecule has 0 aliphatic heterocycles. The molecule has 0 heterocycles. The second-order valence-corrected chi connectivity index (χ2v) is 5.13. The van der Waals surface area contributed by atoms with Crippen LogP contribution >= 0.6 is 0 Å². The zero-order valence-corrected chi connectivity index (χ0v) is 14.3. The monoisotopic (exact) mass is 343 g/mol. The summed E-state index contributed by atoms with van der Waals surface area (Å²) in [5.74, 6) is 0.170. The molecule has 0 spiro atoms. The molecule has 1 N–H and O–H groups in total. The third-order valence-electron chi connectivity index (χ3n) is 3.37. The van der Waals surface area contributed by atoms with E-state index in [1.54, 1.807) is 31.4 Å². The van der Waals surface area contributed by atoms with E-state index in [-0.39, 0.29) is 12.5 Å². The van der Waals surface area contributed by atoms with Gasteiger partial charge in [0.1, 0.15) is 17.1 Å². The van der Waals surface area contributed by atoms with Crippen LogP contribution in [0, 0.1) is 0 Å². The molecule has 0 bridgehead atoms. The summed E-state index contributed by atoms with van der Waals surface area (Å²) in [6.45, 7) is 2.23. The van der Waals surface area contributed by atoms with Crippen LogP contribution in [0.4, 0.5) is 0 Å². The minimum atomic E-state index is -0.597. The predicted molar refractivity (Wildman–Crippen MR) is 92.7 cm³/mol. The molecule has 0 unspecified atom stereocenters. The second-order valence-electron chi connectivity index (χ2n) is 5.13. The van der Waals surface area contributed by atoms with Gasteiger partial charge in [-0.2, -0.15) is 0 Å². The van der Waals surface area contributed by atoms with E-state index >= 15 is 0 Å². The van der Waals surface area contributed by atoms with Crippen molar-refractivity contribution >= 4 is 11.9 Å². The molecule has 0 aliphatic rings. The van der Waals surface area contributed by atoms with Crippen molar-refractivity contribution in [2.75, 3.05) is 20.3 Å². The molecule has 0 atom stereocenters. The van der Waals surface area contributed by atoms with Crippen molar-refractivity contribution in [3.8, 4) is 11.5 Å². The van der Waals surface area contributed by atoms with Crippen molar-refractivity contribution in [3.05, 3.63) is 59.7 Å². The Hall–Kier alpha value is -3.02. The van der Waals surface area contributed by atoms with E-state index in [1.807, 2.05) is 31.2 Å². The van der Waals surface area contributed by atoms with Crippen molar-refractivity contribution in [3.63, 3.8) is 0 Å². The van der Waals surface area contributed by atoms with Crippen LogP contribution in [0.15, 0.2) is 48.5 Å². The SMILES string of the molecule is CCOc1ccccc1C(=O)OCC(=O)NCc1cccc(OC)c1. The lowest BCUT2D eigenvalue weighted by molar-refractivity contribution is -0.124. The van der Waals surface area contributed by atoms with Crippen molar-refractivity contribution in [1.29, 1.82) is 0 Å². The quantitative estimate of drug-likeness (QED) is 0.746. The molecule has 2 aromatic rings. The number of hydrogen-bond donors (Lipinski definition) is 1. The number of amides is 1. The number of rotatable bonds is 8. The molecule has 0 saturated heterocycles. The zero-order chi connectivity index (χ0) is 18.1. The summed E-state index contributed by atoms with van der Waals surface area (Å²) in [5, 5.41) is 2.69. The van der Waals surface area contributed by atoms with Gasteiger partial charge in [-0.05, 0) is 36.8 Å². The number of benzene rings is 2. The molecule has 6 nitrogen and oxygen atoms in total. The fourth-order valence-electron chi connectivity index (χ4n) is 2.16. The fraction of sp³-hybridized carbons (Fsp3) is 0.263. The molecule has 0 saturated carbocycles. The number of para-hydroxylation sites is 1. The third kappa shape index (κ3) is 5.53. The summed E-state index contributed by atoms with van der Waals surface area (Å²) in [6.07, 6.45) is 0. The lowest BCUT2D eigenvalue weighted by Gasteiger charge is -2.10. The lowest BCUT2D eigenvalue weighted by atomic mass is 10.2. The normalized spacial score (nSPS) is 10.0. The van der Waals surface area contributed by atoms with E-state index in [0.717, 1.165) is 5.56 Å². The van der Waals surface area contributed by atoms with E-state index in [9.17, 15) is 9.59 Å². The molecular weight excluding hydrogens is 322 g/mol. The molecule has 25 heavy (non-hydrogen) atoms. The average Bonchev–Trinajstić information content (AvgIpc) is 2.65. The van der Waals surface area contributed by atoms with Gasteiger partial charge >= 0.3 is 5.97 Å². The molecule has 6 heteroatoms. The third-order valence-corrected chi connectivity index (χ3v) is 3.37. The van der Waals surface area contributed by atoms with Crippen LogP contribution < -0.4 is 14.8 Å². The maximum Gasteiger partial charge on any atom is 0.342 e. The minimum absolute atomic E-state index is 0.296. The molecule has 0 fully saturated rings.